The third kappa shape index (κ3) is 3.28. The number of fused-ring (bicyclic) bond motifs is 1. The summed E-state index contributed by atoms with van der Waals surface area (Å²) in [4.78, 5) is 29.7. The molecule has 5 nitrogen and oxygen atoms in total. The lowest BCUT2D eigenvalue weighted by atomic mass is 10.2. The zero-order valence-corrected chi connectivity index (χ0v) is 14.2. The van der Waals surface area contributed by atoms with E-state index >= 15 is 0 Å². The first kappa shape index (κ1) is 16.1. The quantitative estimate of drug-likeness (QED) is 0.517. The van der Waals surface area contributed by atoms with Gasteiger partial charge in [-0.05, 0) is 31.2 Å². The standard InChI is InChI=1S/C18H16N2O3S/c1-3-20(12(2)21)18-19-14(11-24-18)8-9-15(22)17-10-13-6-4-5-7-16(13)23-17/h4-11H,3H2,1-2H3/b9-8+. The van der Waals surface area contributed by atoms with E-state index in [0.29, 0.717) is 28.7 Å². The van der Waals surface area contributed by atoms with Crippen molar-refractivity contribution in [1.82, 2.24) is 4.98 Å². The van der Waals surface area contributed by atoms with Crippen molar-refractivity contribution in [3.63, 3.8) is 0 Å². The number of furan rings is 1. The number of thiazole rings is 1. The second-order valence-corrected chi connectivity index (χ2v) is 6.00. The van der Waals surface area contributed by atoms with Crippen molar-refractivity contribution in [3.05, 3.63) is 53.2 Å². The molecular weight excluding hydrogens is 324 g/mol. The van der Waals surface area contributed by atoms with Gasteiger partial charge in [0.1, 0.15) is 5.58 Å². The maximum Gasteiger partial charge on any atom is 0.225 e. The number of benzene rings is 1. The van der Waals surface area contributed by atoms with Crippen molar-refractivity contribution in [2.45, 2.75) is 13.8 Å². The fourth-order valence-electron chi connectivity index (χ4n) is 2.32. The van der Waals surface area contributed by atoms with Crippen molar-refractivity contribution >= 4 is 45.2 Å². The van der Waals surface area contributed by atoms with Crippen LogP contribution in [0.3, 0.4) is 0 Å². The molecule has 0 spiro atoms. The van der Waals surface area contributed by atoms with Gasteiger partial charge in [-0.15, -0.1) is 11.3 Å². The fourth-order valence-corrected chi connectivity index (χ4v) is 3.22. The Morgan fingerprint density at radius 2 is 2.12 bits per heavy atom. The van der Waals surface area contributed by atoms with Crippen LogP contribution in [0.5, 0.6) is 0 Å². The lowest BCUT2D eigenvalue weighted by Gasteiger charge is -2.14. The summed E-state index contributed by atoms with van der Waals surface area (Å²) in [5.74, 6) is 0.0159. The number of aromatic nitrogens is 1. The van der Waals surface area contributed by atoms with E-state index in [0.717, 1.165) is 5.39 Å². The summed E-state index contributed by atoms with van der Waals surface area (Å²) in [7, 11) is 0. The van der Waals surface area contributed by atoms with E-state index in [1.807, 2.05) is 36.6 Å². The molecule has 3 rings (SSSR count). The topological polar surface area (TPSA) is 63.4 Å². The molecule has 0 unspecified atom stereocenters. The summed E-state index contributed by atoms with van der Waals surface area (Å²) in [6, 6.07) is 9.20. The Bertz CT molecular complexity index is 890. The van der Waals surface area contributed by atoms with Crippen LogP contribution in [0.1, 0.15) is 30.1 Å². The number of allylic oxidation sites excluding steroid dienone is 1. The monoisotopic (exact) mass is 340 g/mol. The van der Waals surface area contributed by atoms with Crippen LogP contribution in [0, 0.1) is 0 Å². The Morgan fingerprint density at radius 3 is 2.83 bits per heavy atom. The van der Waals surface area contributed by atoms with Crippen molar-refractivity contribution in [1.29, 1.82) is 0 Å². The normalized spacial score (nSPS) is 11.2. The first-order valence-corrected chi connectivity index (χ1v) is 8.41. The van der Waals surface area contributed by atoms with Crippen LogP contribution >= 0.6 is 11.3 Å². The highest BCUT2D eigenvalue weighted by Crippen LogP contribution is 2.22. The highest BCUT2D eigenvalue weighted by molar-refractivity contribution is 7.14. The Balaban J connectivity index is 1.77. The smallest absolute Gasteiger partial charge is 0.225 e. The Kier molecular flexibility index (Phi) is 4.57. The van der Waals surface area contributed by atoms with Gasteiger partial charge in [-0.2, -0.15) is 0 Å². The molecule has 0 aliphatic heterocycles. The van der Waals surface area contributed by atoms with Crippen LogP contribution in [0.15, 0.2) is 46.2 Å². The van der Waals surface area contributed by atoms with Crippen molar-refractivity contribution in [2.24, 2.45) is 0 Å². The van der Waals surface area contributed by atoms with Gasteiger partial charge in [0.15, 0.2) is 10.9 Å². The number of hydrogen-bond acceptors (Lipinski definition) is 5. The van der Waals surface area contributed by atoms with Gasteiger partial charge in [0, 0.05) is 24.2 Å². The van der Waals surface area contributed by atoms with Gasteiger partial charge in [0.05, 0.1) is 5.69 Å². The van der Waals surface area contributed by atoms with E-state index in [1.54, 1.807) is 17.0 Å². The molecule has 0 saturated carbocycles. The number of rotatable bonds is 5. The van der Waals surface area contributed by atoms with Crippen LogP contribution in [0.2, 0.25) is 0 Å². The van der Waals surface area contributed by atoms with Crippen LogP contribution in [0.4, 0.5) is 5.13 Å². The number of anilines is 1. The molecule has 1 aromatic carbocycles. The summed E-state index contributed by atoms with van der Waals surface area (Å²) in [5.41, 5.74) is 1.32. The molecule has 24 heavy (non-hydrogen) atoms. The molecule has 3 aromatic rings. The van der Waals surface area contributed by atoms with Gasteiger partial charge < -0.3 is 4.42 Å². The average Bonchev–Trinajstić information content (AvgIpc) is 3.19. The molecule has 122 valence electrons. The summed E-state index contributed by atoms with van der Waals surface area (Å²) in [5, 5.41) is 3.33. The highest BCUT2D eigenvalue weighted by Gasteiger charge is 2.13. The number of hydrogen-bond donors (Lipinski definition) is 0. The lowest BCUT2D eigenvalue weighted by Crippen LogP contribution is -2.27. The fraction of sp³-hybridized carbons (Fsp3) is 0.167. The van der Waals surface area contributed by atoms with E-state index in [4.69, 9.17) is 4.42 Å². The summed E-state index contributed by atoms with van der Waals surface area (Å²) in [6.07, 6.45) is 3.06. The Morgan fingerprint density at radius 1 is 1.33 bits per heavy atom. The SMILES string of the molecule is CCN(C(C)=O)c1nc(/C=C/C(=O)c2cc3ccccc3o2)cs1. The number of ketones is 1. The first-order chi connectivity index (χ1) is 11.6. The Hall–Kier alpha value is -2.73. The highest BCUT2D eigenvalue weighted by atomic mass is 32.1. The molecule has 0 aliphatic carbocycles. The van der Waals surface area contributed by atoms with Gasteiger partial charge >= 0.3 is 0 Å². The van der Waals surface area contributed by atoms with Gasteiger partial charge in [0.2, 0.25) is 11.7 Å². The van der Waals surface area contributed by atoms with E-state index in [2.05, 4.69) is 4.98 Å². The van der Waals surface area contributed by atoms with Crippen molar-refractivity contribution in [3.8, 4) is 0 Å². The number of para-hydroxylation sites is 1. The number of carbonyl (C=O) groups is 2. The number of carbonyl (C=O) groups excluding carboxylic acids is 2. The van der Waals surface area contributed by atoms with E-state index in [9.17, 15) is 9.59 Å². The zero-order chi connectivity index (χ0) is 17.1. The van der Waals surface area contributed by atoms with Crippen molar-refractivity contribution in [2.75, 3.05) is 11.4 Å². The number of amides is 1. The number of nitrogens with zero attached hydrogens (tertiary/aromatic N) is 2. The third-order valence-corrected chi connectivity index (χ3v) is 4.39. The molecule has 0 N–H and O–H groups in total. The predicted molar refractivity (Wildman–Crippen MR) is 95.4 cm³/mol. The molecule has 0 aliphatic rings. The largest absolute Gasteiger partial charge is 0.453 e. The average molecular weight is 340 g/mol. The minimum atomic E-state index is -0.223. The minimum Gasteiger partial charge on any atom is -0.453 e. The summed E-state index contributed by atoms with van der Waals surface area (Å²) in [6.45, 7) is 3.96. The van der Waals surface area contributed by atoms with Crippen LogP contribution in [0.25, 0.3) is 17.0 Å². The van der Waals surface area contributed by atoms with Gasteiger partial charge in [0.25, 0.3) is 0 Å². The molecule has 0 saturated heterocycles. The lowest BCUT2D eigenvalue weighted by molar-refractivity contribution is -0.116. The molecule has 0 atom stereocenters. The molecule has 1 amide bonds. The van der Waals surface area contributed by atoms with Crippen LogP contribution in [-0.4, -0.2) is 23.2 Å². The van der Waals surface area contributed by atoms with Gasteiger partial charge in [-0.3, -0.25) is 14.5 Å². The molecule has 0 bridgehead atoms. The second-order valence-electron chi connectivity index (χ2n) is 5.16. The van der Waals surface area contributed by atoms with Crippen LogP contribution in [-0.2, 0) is 4.79 Å². The van der Waals surface area contributed by atoms with E-state index in [1.165, 1.54) is 24.3 Å². The third-order valence-electron chi connectivity index (χ3n) is 3.51. The molecule has 0 radical (unpaired) electrons. The van der Waals surface area contributed by atoms with Crippen LogP contribution < -0.4 is 4.90 Å². The summed E-state index contributed by atoms with van der Waals surface area (Å²) < 4.78 is 5.54. The molecule has 2 aromatic heterocycles. The molecule has 0 fully saturated rings. The van der Waals surface area contributed by atoms with E-state index < -0.39 is 0 Å². The maximum atomic E-state index is 12.2. The molecule has 6 heteroatoms. The van der Waals surface area contributed by atoms with Crippen molar-refractivity contribution < 1.29 is 14.0 Å². The Labute approximate surface area is 143 Å². The molecular formula is C18H16N2O3S. The van der Waals surface area contributed by atoms with E-state index in [-0.39, 0.29) is 11.7 Å². The minimum absolute atomic E-state index is 0.0549. The van der Waals surface area contributed by atoms with Gasteiger partial charge in [-0.25, -0.2) is 4.98 Å². The summed E-state index contributed by atoms with van der Waals surface area (Å²) >= 11 is 1.37. The predicted octanol–water partition coefficient (Wildman–Crippen LogP) is 4.16. The molecule has 2 heterocycles. The zero-order valence-electron chi connectivity index (χ0n) is 13.4. The maximum absolute atomic E-state index is 12.2. The van der Waals surface area contributed by atoms with Gasteiger partial charge in [-0.1, -0.05) is 18.2 Å². The second kappa shape index (κ2) is 6.80. The first-order valence-electron chi connectivity index (χ1n) is 7.53.